The summed E-state index contributed by atoms with van der Waals surface area (Å²) in [6.07, 6.45) is 0. The van der Waals surface area contributed by atoms with Gasteiger partial charge in [0.2, 0.25) is 0 Å². The summed E-state index contributed by atoms with van der Waals surface area (Å²) in [7, 11) is 0. The van der Waals surface area contributed by atoms with Crippen molar-refractivity contribution in [3.63, 3.8) is 0 Å². The van der Waals surface area contributed by atoms with Crippen LogP contribution in [-0.4, -0.2) is 11.1 Å². The molecule has 2 aromatic rings. The lowest BCUT2D eigenvalue weighted by Gasteiger charge is -2.12. The number of nitrogens with two attached hydrogens (primary N) is 1. The summed E-state index contributed by atoms with van der Waals surface area (Å²) in [5, 5.41) is 8.98. The maximum Gasteiger partial charge on any atom is 0.339 e. The van der Waals surface area contributed by atoms with Gasteiger partial charge >= 0.3 is 5.97 Å². The highest BCUT2D eigenvalue weighted by Gasteiger charge is 2.18. The van der Waals surface area contributed by atoms with Crippen LogP contribution in [0, 0.1) is 11.6 Å². The van der Waals surface area contributed by atoms with Crippen molar-refractivity contribution in [2.45, 2.75) is 0 Å². The molecule has 0 radical (unpaired) electrons. The molecule has 2 rings (SSSR count). The number of hydrogen-bond acceptors (Lipinski definition) is 3. The topological polar surface area (TPSA) is 72.6 Å². The number of rotatable bonds is 3. The summed E-state index contributed by atoms with van der Waals surface area (Å²) in [6, 6.07) is 7.18. The summed E-state index contributed by atoms with van der Waals surface area (Å²) in [5.74, 6) is -4.18. The van der Waals surface area contributed by atoms with Gasteiger partial charge in [-0.25, -0.2) is 13.6 Å². The quantitative estimate of drug-likeness (QED) is 0.836. The lowest BCUT2D eigenvalue weighted by molar-refractivity contribution is 0.0694. The Kier molecular flexibility index (Phi) is 3.33. The third-order valence-corrected chi connectivity index (χ3v) is 2.40. The molecule has 0 saturated heterocycles. The van der Waals surface area contributed by atoms with Crippen molar-refractivity contribution in [1.29, 1.82) is 0 Å². The molecule has 6 heteroatoms. The number of halogens is 2. The summed E-state index contributed by atoms with van der Waals surface area (Å²) in [6.45, 7) is 0. The molecular formula is C13H9F2NO3. The first-order chi connectivity index (χ1) is 9.00. The lowest BCUT2D eigenvalue weighted by atomic mass is 10.1. The number of anilines is 1. The van der Waals surface area contributed by atoms with Gasteiger partial charge in [-0.1, -0.05) is 12.1 Å². The molecular weight excluding hydrogens is 256 g/mol. The molecule has 0 aliphatic rings. The minimum atomic E-state index is -1.31. The summed E-state index contributed by atoms with van der Waals surface area (Å²) < 4.78 is 31.9. The first-order valence-corrected chi connectivity index (χ1v) is 5.24. The molecule has 0 aliphatic carbocycles. The van der Waals surface area contributed by atoms with Crippen molar-refractivity contribution in [3.05, 3.63) is 53.6 Å². The predicted octanol–water partition coefficient (Wildman–Crippen LogP) is 3.04. The molecule has 4 nitrogen and oxygen atoms in total. The summed E-state index contributed by atoms with van der Waals surface area (Å²) >= 11 is 0. The molecule has 0 atom stereocenters. The monoisotopic (exact) mass is 265 g/mol. The molecule has 0 bridgehead atoms. The summed E-state index contributed by atoms with van der Waals surface area (Å²) in [5.41, 5.74) is 5.27. The molecule has 0 spiro atoms. The number of nitrogen functional groups attached to an aromatic ring is 1. The Morgan fingerprint density at radius 3 is 2.21 bits per heavy atom. The summed E-state index contributed by atoms with van der Waals surface area (Å²) in [4.78, 5) is 11.0. The van der Waals surface area contributed by atoms with Crippen LogP contribution in [0.3, 0.4) is 0 Å². The number of ether oxygens (including phenoxy) is 1. The van der Waals surface area contributed by atoms with E-state index in [-0.39, 0.29) is 17.0 Å². The number of aromatic carboxylic acids is 1. The third kappa shape index (κ3) is 2.47. The van der Waals surface area contributed by atoms with Gasteiger partial charge in [-0.2, -0.15) is 0 Å². The van der Waals surface area contributed by atoms with E-state index < -0.39 is 23.4 Å². The van der Waals surface area contributed by atoms with Gasteiger partial charge in [0, 0.05) is 0 Å². The first kappa shape index (κ1) is 12.8. The molecule has 0 aliphatic heterocycles. The van der Waals surface area contributed by atoms with Crippen molar-refractivity contribution >= 4 is 11.7 Å². The predicted molar refractivity (Wildman–Crippen MR) is 64.2 cm³/mol. The fourth-order valence-corrected chi connectivity index (χ4v) is 1.52. The molecule has 0 aromatic heterocycles. The van der Waals surface area contributed by atoms with Gasteiger partial charge < -0.3 is 15.6 Å². The van der Waals surface area contributed by atoms with E-state index in [1.165, 1.54) is 24.3 Å². The van der Waals surface area contributed by atoms with E-state index in [2.05, 4.69) is 0 Å². The Bertz CT molecular complexity index is 624. The van der Waals surface area contributed by atoms with Crippen molar-refractivity contribution in [2.75, 3.05) is 5.73 Å². The molecule has 0 unspecified atom stereocenters. The van der Waals surface area contributed by atoms with Gasteiger partial charge in [0.1, 0.15) is 5.56 Å². The van der Waals surface area contributed by atoms with E-state index in [4.69, 9.17) is 15.6 Å². The van der Waals surface area contributed by atoms with E-state index in [1.807, 2.05) is 0 Å². The van der Waals surface area contributed by atoms with Gasteiger partial charge in [0.25, 0.3) is 0 Å². The second-order valence-electron chi connectivity index (χ2n) is 3.68. The molecule has 0 saturated carbocycles. The standard InChI is InChI=1S/C13H9F2NO3/c14-8-4-2-5-9(15)12(8)19-11-7(13(17)18)3-1-6-10(11)16/h1-6H,16H2,(H,17,18). The second-order valence-corrected chi connectivity index (χ2v) is 3.68. The number of carboxylic acid groups (broad SMARTS) is 1. The van der Waals surface area contributed by atoms with E-state index >= 15 is 0 Å². The van der Waals surface area contributed by atoms with Crippen LogP contribution < -0.4 is 10.5 Å². The van der Waals surface area contributed by atoms with Gasteiger partial charge in [0.15, 0.2) is 23.1 Å². The largest absolute Gasteiger partial charge is 0.478 e. The fourth-order valence-electron chi connectivity index (χ4n) is 1.52. The Morgan fingerprint density at radius 2 is 1.63 bits per heavy atom. The molecule has 19 heavy (non-hydrogen) atoms. The smallest absolute Gasteiger partial charge is 0.339 e. The highest BCUT2D eigenvalue weighted by atomic mass is 19.1. The normalized spacial score (nSPS) is 10.2. The lowest BCUT2D eigenvalue weighted by Crippen LogP contribution is -2.04. The molecule has 2 aromatic carbocycles. The Morgan fingerprint density at radius 1 is 1.05 bits per heavy atom. The molecule has 0 heterocycles. The van der Waals surface area contributed by atoms with Crippen molar-refractivity contribution in [2.24, 2.45) is 0 Å². The molecule has 98 valence electrons. The maximum atomic E-state index is 13.4. The van der Waals surface area contributed by atoms with Crippen molar-refractivity contribution in [1.82, 2.24) is 0 Å². The maximum absolute atomic E-state index is 13.4. The van der Waals surface area contributed by atoms with Gasteiger partial charge in [-0.3, -0.25) is 0 Å². The minimum Gasteiger partial charge on any atom is -0.478 e. The average Bonchev–Trinajstić information content (AvgIpc) is 2.35. The van der Waals surface area contributed by atoms with Gasteiger partial charge in [0.05, 0.1) is 5.69 Å². The van der Waals surface area contributed by atoms with E-state index in [0.717, 1.165) is 12.1 Å². The number of benzene rings is 2. The average molecular weight is 265 g/mol. The van der Waals surface area contributed by atoms with Gasteiger partial charge in [-0.05, 0) is 24.3 Å². The van der Waals surface area contributed by atoms with Crippen LogP contribution in [0.2, 0.25) is 0 Å². The number of hydrogen-bond donors (Lipinski definition) is 2. The van der Waals surface area contributed by atoms with E-state index in [0.29, 0.717) is 0 Å². The van der Waals surface area contributed by atoms with Crippen molar-refractivity contribution < 1.29 is 23.4 Å². The Labute approximate surface area is 107 Å². The highest BCUT2D eigenvalue weighted by Crippen LogP contribution is 2.34. The van der Waals surface area contributed by atoms with Gasteiger partial charge in [-0.15, -0.1) is 0 Å². The Balaban J connectivity index is 2.52. The third-order valence-electron chi connectivity index (χ3n) is 2.40. The first-order valence-electron chi connectivity index (χ1n) is 5.24. The van der Waals surface area contributed by atoms with E-state index in [9.17, 15) is 13.6 Å². The molecule has 3 N–H and O–H groups in total. The van der Waals surface area contributed by atoms with Crippen LogP contribution in [0.5, 0.6) is 11.5 Å². The minimum absolute atomic E-state index is 0.0254. The van der Waals surface area contributed by atoms with Crippen LogP contribution in [0.25, 0.3) is 0 Å². The second kappa shape index (κ2) is 4.93. The van der Waals surface area contributed by atoms with Crippen LogP contribution in [0.4, 0.5) is 14.5 Å². The zero-order chi connectivity index (χ0) is 14.0. The van der Waals surface area contributed by atoms with Crippen LogP contribution in [0.15, 0.2) is 36.4 Å². The number of carbonyl (C=O) groups is 1. The van der Waals surface area contributed by atoms with Crippen LogP contribution in [-0.2, 0) is 0 Å². The number of carboxylic acids is 1. The molecule has 0 fully saturated rings. The Hall–Kier alpha value is -2.63. The molecule has 0 amide bonds. The zero-order valence-electron chi connectivity index (χ0n) is 9.56. The highest BCUT2D eigenvalue weighted by molar-refractivity contribution is 5.93. The van der Waals surface area contributed by atoms with Crippen LogP contribution >= 0.6 is 0 Å². The SMILES string of the molecule is Nc1cccc(C(=O)O)c1Oc1c(F)cccc1F. The van der Waals surface area contributed by atoms with E-state index in [1.54, 1.807) is 0 Å². The number of para-hydroxylation sites is 2. The van der Waals surface area contributed by atoms with Crippen molar-refractivity contribution in [3.8, 4) is 11.5 Å². The fraction of sp³-hybridized carbons (Fsp3) is 0. The zero-order valence-corrected chi connectivity index (χ0v) is 9.56. The van der Waals surface area contributed by atoms with Crippen LogP contribution in [0.1, 0.15) is 10.4 Å².